The van der Waals surface area contributed by atoms with Gasteiger partial charge in [-0.05, 0) is 31.2 Å². The minimum absolute atomic E-state index is 0.158. The summed E-state index contributed by atoms with van der Waals surface area (Å²) < 4.78 is 15.7. The number of anilines is 2. The molecule has 7 heteroatoms. The molecule has 0 unspecified atom stereocenters. The third-order valence-corrected chi connectivity index (χ3v) is 3.71. The predicted octanol–water partition coefficient (Wildman–Crippen LogP) is 2.64. The van der Waals surface area contributed by atoms with Crippen LogP contribution in [0.25, 0.3) is 0 Å². The second-order valence-corrected chi connectivity index (χ2v) is 5.40. The molecule has 0 aromatic heterocycles. The zero-order valence-corrected chi connectivity index (χ0v) is 13.9. The highest BCUT2D eigenvalue weighted by Gasteiger charge is 2.21. The molecule has 130 valence electrons. The van der Waals surface area contributed by atoms with E-state index in [0.29, 0.717) is 28.4 Å². The molecule has 7 nitrogen and oxygen atoms in total. The molecule has 1 amide bonds. The molecule has 25 heavy (non-hydrogen) atoms. The number of benzene rings is 2. The summed E-state index contributed by atoms with van der Waals surface area (Å²) in [5.41, 5.74) is 1.54. The van der Waals surface area contributed by atoms with Gasteiger partial charge in [0.15, 0.2) is 17.6 Å². The molecule has 0 fully saturated rings. The fourth-order valence-corrected chi connectivity index (χ4v) is 2.37. The first kappa shape index (κ1) is 16.6. The summed E-state index contributed by atoms with van der Waals surface area (Å²) in [7, 11) is 1.71. The monoisotopic (exact) mass is 342 g/mol. The van der Waals surface area contributed by atoms with Crippen molar-refractivity contribution in [1.29, 1.82) is 0 Å². The molecule has 2 N–H and O–H groups in total. The Bertz CT molecular complexity index is 806. The highest BCUT2D eigenvalue weighted by molar-refractivity contribution is 5.99. The van der Waals surface area contributed by atoms with Gasteiger partial charge in [-0.3, -0.25) is 4.79 Å². The average molecular weight is 342 g/mol. The van der Waals surface area contributed by atoms with Crippen LogP contribution in [0.2, 0.25) is 0 Å². The van der Waals surface area contributed by atoms with Crippen LogP contribution in [0.1, 0.15) is 17.3 Å². The number of esters is 1. The molecule has 2 aromatic rings. The number of rotatable bonds is 5. The van der Waals surface area contributed by atoms with Crippen LogP contribution in [0.3, 0.4) is 0 Å². The number of hydrogen-bond acceptors (Lipinski definition) is 6. The first-order valence-corrected chi connectivity index (χ1v) is 7.77. The highest BCUT2D eigenvalue weighted by Crippen LogP contribution is 2.34. The van der Waals surface area contributed by atoms with E-state index in [1.54, 1.807) is 49.5 Å². The molecule has 0 saturated heterocycles. The molecule has 1 atom stereocenters. The lowest BCUT2D eigenvalue weighted by Crippen LogP contribution is -2.30. The molecular formula is C18H18N2O5. The summed E-state index contributed by atoms with van der Waals surface area (Å²) in [4.78, 5) is 24.5. The van der Waals surface area contributed by atoms with Gasteiger partial charge in [0.25, 0.3) is 5.91 Å². The summed E-state index contributed by atoms with van der Waals surface area (Å²) >= 11 is 0. The topological polar surface area (TPSA) is 85.9 Å². The Kier molecular flexibility index (Phi) is 4.74. The summed E-state index contributed by atoms with van der Waals surface area (Å²) in [6.07, 6.45) is -0.956. The molecule has 1 heterocycles. The molecular weight excluding hydrogens is 324 g/mol. The Morgan fingerprint density at radius 3 is 2.68 bits per heavy atom. The number of hydrogen-bond donors (Lipinski definition) is 2. The van der Waals surface area contributed by atoms with Gasteiger partial charge in [0.2, 0.25) is 6.79 Å². The first-order valence-electron chi connectivity index (χ1n) is 7.77. The van der Waals surface area contributed by atoms with E-state index in [4.69, 9.17) is 14.2 Å². The van der Waals surface area contributed by atoms with Crippen molar-refractivity contribution >= 4 is 23.3 Å². The van der Waals surface area contributed by atoms with Gasteiger partial charge in [0.1, 0.15) is 0 Å². The SMILES string of the molecule is CNc1ccccc1C(=O)O[C@H](C)C(=O)Nc1ccc2c(c1)OCO2. The van der Waals surface area contributed by atoms with Gasteiger partial charge in [-0.25, -0.2) is 4.79 Å². The number of nitrogens with one attached hydrogen (secondary N) is 2. The summed E-state index contributed by atoms with van der Waals surface area (Å²) in [5.74, 6) is 0.180. The second kappa shape index (κ2) is 7.12. The Morgan fingerprint density at radius 1 is 1.12 bits per heavy atom. The standard InChI is InChI=1S/C18H18N2O5/c1-11(25-18(22)13-5-3-4-6-14(13)19-2)17(21)20-12-7-8-15-16(9-12)24-10-23-15/h3-9,11,19H,10H2,1-2H3,(H,20,21)/t11-/m1/s1. The van der Waals surface area contributed by atoms with Crippen molar-refractivity contribution in [3.63, 3.8) is 0 Å². The van der Waals surface area contributed by atoms with Crippen molar-refractivity contribution in [2.45, 2.75) is 13.0 Å². The van der Waals surface area contributed by atoms with Crippen LogP contribution in [0.5, 0.6) is 11.5 Å². The lowest BCUT2D eigenvalue weighted by atomic mass is 10.2. The van der Waals surface area contributed by atoms with Gasteiger partial charge >= 0.3 is 5.97 Å². The van der Waals surface area contributed by atoms with Crippen molar-refractivity contribution in [2.75, 3.05) is 24.5 Å². The maximum absolute atomic E-state index is 12.3. The van der Waals surface area contributed by atoms with Crippen molar-refractivity contribution in [1.82, 2.24) is 0 Å². The van der Waals surface area contributed by atoms with Crippen LogP contribution >= 0.6 is 0 Å². The van der Waals surface area contributed by atoms with Crippen LogP contribution in [0.15, 0.2) is 42.5 Å². The average Bonchev–Trinajstić information content (AvgIpc) is 3.09. The number of fused-ring (bicyclic) bond motifs is 1. The van der Waals surface area contributed by atoms with Gasteiger partial charge in [0, 0.05) is 24.5 Å². The summed E-state index contributed by atoms with van der Waals surface area (Å²) in [6.45, 7) is 1.67. The van der Waals surface area contributed by atoms with Gasteiger partial charge in [-0.2, -0.15) is 0 Å². The van der Waals surface area contributed by atoms with Crippen molar-refractivity contribution in [3.05, 3.63) is 48.0 Å². The fourth-order valence-electron chi connectivity index (χ4n) is 2.37. The van der Waals surface area contributed by atoms with E-state index in [9.17, 15) is 9.59 Å². The number of amides is 1. The molecule has 0 saturated carbocycles. The van der Waals surface area contributed by atoms with Crippen molar-refractivity contribution in [2.24, 2.45) is 0 Å². The molecule has 0 bridgehead atoms. The smallest absolute Gasteiger partial charge is 0.341 e. The van der Waals surface area contributed by atoms with Crippen LogP contribution in [0, 0.1) is 0 Å². The van der Waals surface area contributed by atoms with Gasteiger partial charge in [-0.15, -0.1) is 0 Å². The normalized spacial score (nSPS) is 13.0. The van der Waals surface area contributed by atoms with E-state index >= 15 is 0 Å². The predicted molar refractivity (Wildman–Crippen MR) is 92.1 cm³/mol. The highest BCUT2D eigenvalue weighted by atomic mass is 16.7. The maximum atomic E-state index is 12.3. The zero-order valence-electron chi connectivity index (χ0n) is 13.9. The summed E-state index contributed by atoms with van der Waals surface area (Å²) in [6, 6.07) is 12.0. The van der Waals surface area contributed by atoms with E-state index in [-0.39, 0.29) is 6.79 Å². The Hall–Kier alpha value is -3.22. The Balaban J connectivity index is 1.63. The van der Waals surface area contributed by atoms with Crippen molar-refractivity contribution < 1.29 is 23.8 Å². The first-order chi connectivity index (χ1) is 12.1. The van der Waals surface area contributed by atoms with Crippen LogP contribution < -0.4 is 20.1 Å². The molecule has 3 rings (SSSR count). The number of ether oxygens (including phenoxy) is 3. The molecule has 1 aliphatic heterocycles. The summed E-state index contributed by atoms with van der Waals surface area (Å²) in [5, 5.41) is 5.61. The third-order valence-electron chi connectivity index (χ3n) is 3.71. The molecule has 0 aliphatic carbocycles. The molecule has 0 radical (unpaired) electrons. The van der Waals surface area contributed by atoms with Crippen molar-refractivity contribution in [3.8, 4) is 11.5 Å². The largest absolute Gasteiger partial charge is 0.454 e. The van der Waals surface area contributed by atoms with Gasteiger partial charge in [-0.1, -0.05) is 12.1 Å². The third kappa shape index (κ3) is 3.65. The fraction of sp³-hybridized carbons (Fsp3) is 0.222. The van der Waals surface area contributed by atoms with E-state index < -0.39 is 18.0 Å². The van der Waals surface area contributed by atoms with Gasteiger partial charge in [0.05, 0.1) is 5.56 Å². The lowest BCUT2D eigenvalue weighted by Gasteiger charge is -2.15. The van der Waals surface area contributed by atoms with Crippen LogP contribution in [-0.4, -0.2) is 31.8 Å². The van der Waals surface area contributed by atoms with E-state index in [0.717, 1.165) is 0 Å². The minimum Gasteiger partial charge on any atom is -0.454 e. The Morgan fingerprint density at radius 2 is 1.88 bits per heavy atom. The molecule has 1 aliphatic rings. The lowest BCUT2D eigenvalue weighted by molar-refractivity contribution is -0.123. The second-order valence-electron chi connectivity index (χ2n) is 5.40. The van der Waals surface area contributed by atoms with E-state index in [2.05, 4.69) is 10.6 Å². The zero-order chi connectivity index (χ0) is 17.8. The van der Waals surface area contributed by atoms with Crippen LogP contribution in [0.4, 0.5) is 11.4 Å². The van der Waals surface area contributed by atoms with Crippen LogP contribution in [-0.2, 0) is 9.53 Å². The number of carbonyl (C=O) groups is 2. The van der Waals surface area contributed by atoms with Gasteiger partial charge < -0.3 is 24.8 Å². The molecule has 2 aromatic carbocycles. The van der Waals surface area contributed by atoms with E-state index in [1.807, 2.05) is 0 Å². The van der Waals surface area contributed by atoms with E-state index in [1.165, 1.54) is 6.92 Å². The minimum atomic E-state index is -0.956. The number of para-hydroxylation sites is 1. The quantitative estimate of drug-likeness (QED) is 0.813. The Labute approximate surface area is 144 Å². The number of carbonyl (C=O) groups excluding carboxylic acids is 2. The molecule has 0 spiro atoms. The maximum Gasteiger partial charge on any atom is 0.341 e.